The van der Waals surface area contributed by atoms with Crippen molar-refractivity contribution in [2.45, 2.75) is 32.7 Å². The van der Waals surface area contributed by atoms with E-state index in [2.05, 4.69) is 19.2 Å². The van der Waals surface area contributed by atoms with E-state index in [9.17, 15) is 13.2 Å². The van der Waals surface area contributed by atoms with Gasteiger partial charge in [0.05, 0.1) is 11.9 Å². The highest BCUT2D eigenvalue weighted by Gasteiger charge is 2.29. The SMILES string of the molecule is CC(C)c1ccc(NC(=O)[C@@H](C)N(c2cccc(Cl)c2)S(C)(=O)=O)cc1. The number of nitrogens with one attached hydrogen (secondary N) is 1. The van der Waals surface area contributed by atoms with Crippen molar-refractivity contribution >= 4 is 38.9 Å². The molecule has 1 atom stereocenters. The van der Waals surface area contributed by atoms with Crippen LogP contribution in [0.1, 0.15) is 32.3 Å². The van der Waals surface area contributed by atoms with Gasteiger partial charge in [0.2, 0.25) is 15.9 Å². The molecule has 0 spiro atoms. The first kappa shape index (κ1) is 20.3. The Labute approximate surface area is 160 Å². The predicted octanol–water partition coefficient (Wildman–Crippen LogP) is 4.26. The van der Waals surface area contributed by atoms with Crippen LogP contribution in [-0.4, -0.2) is 26.6 Å². The molecule has 2 aromatic carbocycles. The second-order valence-electron chi connectivity index (χ2n) is 6.48. The van der Waals surface area contributed by atoms with Gasteiger partial charge in [-0.05, 0) is 48.7 Å². The molecule has 140 valence electrons. The van der Waals surface area contributed by atoms with Gasteiger partial charge in [-0.2, -0.15) is 0 Å². The molecule has 0 saturated carbocycles. The van der Waals surface area contributed by atoms with Crippen LogP contribution in [-0.2, 0) is 14.8 Å². The van der Waals surface area contributed by atoms with Crippen molar-refractivity contribution in [3.8, 4) is 0 Å². The first-order valence-corrected chi connectivity index (χ1v) is 10.5. The van der Waals surface area contributed by atoms with Gasteiger partial charge >= 0.3 is 0 Å². The zero-order valence-corrected chi connectivity index (χ0v) is 16.8. The number of amides is 1. The average Bonchev–Trinajstić information content (AvgIpc) is 2.54. The second-order valence-corrected chi connectivity index (χ2v) is 8.78. The molecule has 0 fully saturated rings. The van der Waals surface area contributed by atoms with Crippen LogP contribution < -0.4 is 9.62 Å². The van der Waals surface area contributed by atoms with Crippen LogP contribution in [0.2, 0.25) is 5.02 Å². The molecular weight excluding hydrogens is 372 g/mol. The first-order chi connectivity index (χ1) is 12.1. The maximum atomic E-state index is 12.6. The molecule has 5 nitrogen and oxygen atoms in total. The van der Waals surface area contributed by atoms with Crippen LogP contribution in [0.4, 0.5) is 11.4 Å². The van der Waals surface area contributed by atoms with E-state index in [0.29, 0.717) is 22.3 Å². The van der Waals surface area contributed by atoms with Crippen molar-refractivity contribution in [1.29, 1.82) is 0 Å². The predicted molar refractivity (Wildman–Crippen MR) is 107 cm³/mol. The van der Waals surface area contributed by atoms with Crippen LogP contribution in [0.5, 0.6) is 0 Å². The summed E-state index contributed by atoms with van der Waals surface area (Å²) in [4.78, 5) is 12.6. The van der Waals surface area contributed by atoms with E-state index >= 15 is 0 Å². The van der Waals surface area contributed by atoms with Gasteiger partial charge in [0, 0.05) is 10.7 Å². The third kappa shape index (κ3) is 4.99. The normalized spacial score (nSPS) is 12.7. The lowest BCUT2D eigenvalue weighted by molar-refractivity contribution is -0.116. The van der Waals surface area contributed by atoms with Crippen LogP contribution in [0, 0.1) is 0 Å². The molecule has 0 aromatic heterocycles. The Kier molecular flexibility index (Phi) is 6.31. The lowest BCUT2D eigenvalue weighted by Gasteiger charge is -2.28. The average molecular weight is 395 g/mol. The lowest BCUT2D eigenvalue weighted by atomic mass is 10.0. The summed E-state index contributed by atoms with van der Waals surface area (Å²) in [5, 5.41) is 3.16. The number of hydrogen-bond donors (Lipinski definition) is 1. The van der Waals surface area contributed by atoms with Gasteiger partial charge in [-0.15, -0.1) is 0 Å². The molecule has 7 heteroatoms. The van der Waals surface area contributed by atoms with Crippen molar-refractivity contribution < 1.29 is 13.2 Å². The number of hydrogen-bond acceptors (Lipinski definition) is 3. The van der Waals surface area contributed by atoms with E-state index in [-0.39, 0.29) is 0 Å². The zero-order valence-electron chi connectivity index (χ0n) is 15.2. The highest BCUT2D eigenvalue weighted by Crippen LogP contribution is 2.25. The van der Waals surface area contributed by atoms with Crippen LogP contribution >= 0.6 is 11.6 Å². The molecule has 2 aromatic rings. The summed E-state index contributed by atoms with van der Waals surface area (Å²) in [6.07, 6.45) is 1.06. The minimum atomic E-state index is -3.68. The fourth-order valence-corrected chi connectivity index (χ4v) is 3.97. The molecule has 0 radical (unpaired) electrons. The van der Waals surface area contributed by atoms with Crippen molar-refractivity contribution in [2.75, 3.05) is 15.9 Å². The molecule has 1 N–H and O–H groups in total. The third-order valence-corrected chi connectivity index (χ3v) is 5.47. The van der Waals surface area contributed by atoms with E-state index in [1.807, 2.05) is 24.3 Å². The number of carbonyl (C=O) groups is 1. The lowest BCUT2D eigenvalue weighted by Crippen LogP contribution is -2.45. The molecule has 0 saturated heterocycles. The molecule has 26 heavy (non-hydrogen) atoms. The highest BCUT2D eigenvalue weighted by molar-refractivity contribution is 7.92. The zero-order chi connectivity index (χ0) is 19.5. The molecular formula is C19H23ClN2O3S. The molecule has 0 heterocycles. The summed E-state index contributed by atoms with van der Waals surface area (Å²) < 4.78 is 25.6. The Bertz CT molecular complexity index is 880. The topological polar surface area (TPSA) is 66.5 Å². The van der Waals surface area contributed by atoms with Gasteiger partial charge in [-0.1, -0.05) is 43.6 Å². The van der Waals surface area contributed by atoms with E-state index in [4.69, 9.17) is 11.6 Å². The van der Waals surface area contributed by atoms with E-state index < -0.39 is 22.0 Å². The molecule has 2 rings (SSSR count). The fourth-order valence-electron chi connectivity index (χ4n) is 2.62. The van der Waals surface area contributed by atoms with Crippen molar-refractivity contribution in [3.05, 3.63) is 59.1 Å². The molecule has 0 unspecified atom stereocenters. The number of nitrogens with zero attached hydrogens (tertiary/aromatic N) is 1. The molecule has 1 amide bonds. The summed E-state index contributed by atoms with van der Waals surface area (Å²) >= 11 is 5.97. The van der Waals surface area contributed by atoms with E-state index in [1.54, 1.807) is 25.1 Å². The highest BCUT2D eigenvalue weighted by atomic mass is 35.5. The number of anilines is 2. The van der Waals surface area contributed by atoms with E-state index in [1.165, 1.54) is 6.07 Å². The molecule has 0 aliphatic rings. The van der Waals surface area contributed by atoms with Gasteiger partial charge < -0.3 is 5.32 Å². The fraction of sp³-hybridized carbons (Fsp3) is 0.316. The quantitative estimate of drug-likeness (QED) is 0.796. The van der Waals surface area contributed by atoms with Crippen molar-refractivity contribution in [1.82, 2.24) is 0 Å². The maximum absolute atomic E-state index is 12.6. The largest absolute Gasteiger partial charge is 0.324 e. The number of halogens is 1. The van der Waals surface area contributed by atoms with Crippen molar-refractivity contribution in [2.24, 2.45) is 0 Å². The Morgan fingerprint density at radius 3 is 2.19 bits per heavy atom. The summed E-state index contributed by atoms with van der Waals surface area (Å²) in [6.45, 7) is 5.72. The van der Waals surface area contributed by atoms with Gasteiger partial charge in [0.1, 0.15) is 6.04 Å². The second kappa shape index (κ2) is 8.10. The first-order valence-electron chi connectivity index (χ1n) is 8.25. The van der Waals surface area contributed by atoms with Gasteiger partial charge in [0.25, 0.3) is 0 Å². The summed E-state index contributed by atoms with van der Waals surface area (Å²) in [6, 6.07) is 13.0. The number of rotatable bonds is 6. The van der Waals surface area contributed by atoms with Crippen LogP contribution in [0.25, 0.3) is 0 Å². The Hall–Kier alpha value is -2.05. The number of carbonyl (C=O) groups excluding carboxylic acids is 1. The van der Waals surface area contributed by atoms with Crippen LogP contribution in [0.3, 0.4) is 0 Å². The Balaban J connectivity index is 2.25. The summed E-state index contributed by atoms with van der Waals surface area (Å²) in [5.74, 6) is -0.0325. The van der Waals surface area contributed by atoms with Gasteiger partial charge in [-0.25, -0.2) is 8.42 Å². The Morgan fingerprint density at radius 2 is 1.69 bits per heavy atom. The van der Waals surface area contributed by atoms with Gasteiger partial charge in [0.15, 0.2) is 0 Å². The smallest absolute Gasteiger partial charge is 0.247 e. The number of sulfonamides is 1. The summed E-state index contributed by atoms with van der Waals surface area (Å²) in [7, 11) is -3.68. The molecule has 0 aliphatic carbocycles. The van der Waals surface area contributed by atoms with Gasteiger partial charge in [-0.3, -0.25) is 9.10 Å². The monoisotopic (exact) mass is 394 g/mol. The van der Waals surface area contributed by atoms with Crippen LogP contribution in [0.15, 0.2) is 48.5 Å². The molecule has 0 aliphatic heterocycles. The number of benzene rings is 2. The minimum Gasteiger partial charge on any atom is -0.324 e. The standard InChI is InChI=1S/C19H23ClN2O3S/c1-13(2)15-8-10-17(11-9-15)21-19(23)14(3)22(26(4,24)25)18-7-5-6-16(20)12-18/h5-14H,1-4H3,(H,21,23)/t14-/m1/s1. The third-order valence-electron chi connectivity index (χ3n) is 4.00. The van der Waals surface area contributed by atoms with E-state index in [0.717, 1.165) is 16.1 Å². The Morgan fingerprint density at radius 1 is 1.08 bits per heavy atom. The minimum absolute atomic E-state index is 0.345. The van der Waals surface area contributed by atoms with Crippen molar-refractivity contribution in [3.63, 3.8) is 0 Å². The summed E-state index contributed by atoms with van der Waals surface area (Å²) in [5.41, 5.74) is 2.12. The maximum Gasteiger partial charge on any atom is 0.247 e. The molecule has 0 bridgehead atoms.